The van der Waals surface area contributed by atoms with Gasteiger partial charge in [-0.2, -0.15) is 0 Å². The molecular weight excluding hydrogens is 279 g/mol. The third-order valence-electron chi connectivity index (χ3n) is 3.07. The number of hydrogen-bond acceptors (Lipinski definition) is 1. The summed E-state index contributed by atoms with van der Waals surface area (Å²) in [5, 5.41) is 5.87. The molecule has 0 unspecified atom stereocenters. The zero-order chi connectivity index (χ0) is 13.2. The Balaban J connectivity index is 1.84. The van der Waals surface area contributed by atoms with Crippen molar-refractivity contribution in [2.45, 2.75) is 6.54 Å². The maximum Gasteiger partial charge on any atom is 0.0638 e. The zero-order valence-corrected chi connectivity index (χ0v) is 11.6. The maximum absolute atomic E-state index is 6.13. The van der Waals surface area contributed by atoms with Crippen molar-refractivity contribution < 1.29 is 0 Å². The molecule has 0 radical (unpaired) electrons. The summed E-state index contributed by atoms with van der Waals surface area (Å²) in [6.07, 6.45) is 2.01. The highest BCUT2D eigenvalue weighted by Crippen LogP contribution is 2.26. The molecule has 0 bridgehead atoms. The van der Waals surface area contributed by atoms with Crippen molar-refractivity contribution >= 4 is 39.8 Å². The first-order chi connectivity index (χ1) is 9.24. The summed E-state index contributed by atoms with van der Waals surface area (Å²) in [5.41, 5.74) is 3.18. The largest absolute Gasteiger partial charge is 0.380 e. The molecule has 2 aromatic carbocycles. The van der Waals surface area contributed by atoms with Crippen LogP contribution in [0.4, 0.5) is 5.69 Å². The molecule has 0 saturated carbocycles. The lowest BCUT2D eigenvalue weighted by atomic mass is 10.2. The summed E-state index contributed by atoms with van der Waals surface area (Å²) < 4.78 is 0. The molecular formula is C15H12Cl2N2. The van der Waals surface area contributed by atoms with Crippen molar-refractivity contribution in [2.75, 3.05) is 5.32 Å². The van der Waals surface area contributed by atoms with Gasteiger partial charge in [0.05, 0.1) is 10.7 Å². The first kappa shape index (κ1) is 12.4. The lowest BCUT2D eigenvalue weighted by Crippen LogP contribution is -1.99. The van der Waals surface area contributed by atoms with Gasteiger partial charge >= 0.3 is 0 Å². The van der Waals surface area contributed by atoms with Crippen molar-refractivity contribution in [3.05, 3.63) is 64.3 Å². The van der Waals surface area contributed by atoms with Crippen LogP contribution in [0.5, 0.6) is 0 Å². The van der Waals surface area contributed by atoms with Gasteiger partial charge < -0.3 is 10.3 Å². The van der Waals surface area contributed by atoms with Crippen LogP contribution in [-0.4, -0.2) is 4.98 Å². The smallest absolute Gasteiger partial charge is 0.0638 e. The number of para-hydroxylation sites is 1. The number of H-pyrrole nitrogens is 1. The van der Waals surface area contributed by atoms with Gasteiger partial charge in [-0.05, 0) is 29.8 Å². The first-order valence-corrected chi connectivity index (χ1v) is 6.73. The van der Waals surface area contributed by atoms with Crippen LogP contribution >= 0.6 is 23.2 Å². The number of fused-ring (bicyclic) bond motifs is 1. The Bertz CT molecular complexity index is 719. The van der Waals surface area contributed by atoms with Crippen LogP contribution in [0.3, 0.4) is 0 Å². The summed E-state index contributed by atoms with van der Waals surface area (Å²) in [6, 6.07) is 13.6. The van der Waals surface area contributed by atoms with Gasteiger partial charge in [-0.25, -0.2) is 0 Å². The van der Waals surface area contributed by atoms with E-state index in [9.17, 15) is 0 Å². The molecule has 3 rings (SSSR count). The van der Waals surface area contributed by atoms with Crippen LogP contribution in [0.1, 0.15) is 5.56 Å². The van der Waals surface area contributed by atoms with Crippen molar-refractivity contribution in [1.29, 1.82) is 0 Å². The van der Waals surface area contributed by atoms with E-state index in [-0.39, 0.29) is 0 Å². The van der Waals surface area contributed by atoms with Gasteiger partial charge in [-0.1, -0.05) is 41.4 Å². The molecule has 96 valence electrons. The predicted molar refractivity (Wildman–Crippen MR) is 82.1 cm³/mol. The SMILES string of the molecule is Clc1ccc(Cl)c(NCc2c[nH]c3ccccc23)c1. The monoisotopic (exact) mass is 290 g/mol. The van der Waals surface area contributed by atoms with Crippen LogP contribution in [0.2, 0.25) is 10.0 Å². The van der Waals surface area contributed by atoms with Crippen LogP contribution in [-0.2, 0) is 6.54 Å². The van der Waals surface area contributed by atoms with Gasteiger partial charge in [0.25, 0.3) is 0 Å². The Morgan fingerprint density at radius 1 is 1.05 bits per heavy atom. The fourth-order valence-corrected chi connectivity index (χ4v) is 2.46. The van der Waals surface area contributed by atoms with Gasteiger partial charge in [0, 0.05) is 28.7 Å². The molecule has 0 atom stereocenters. The molecule has 4 heteroatoms. The van der Waals surface area contributed by atoms with E-state index >= 15 is 0 Å². The molecule has 1 heterocycles. The average molecular weight is 291 g/mol. The van der Waals surface area contributed by atoms with E-state index in [2.05, 4.69) is 22.4 Å². The van der Waals surface area contributed by atoms with E-state index in [4.69, 9.17) is 23.2 Å². The minimum atomic E-state index is 0.671. The van der Waals surface area contributed by atoms with E-state index in [1.165, 1.54) is 10.9 Å². The minimum Gasteiger partial charge on any atom is -0.380 e. The quantitative estimate of drug-likeness (QED) is 0.691. The fraction of sp³-hybridized carbons (Fsp3) is 0.0667. The lowest BCUT2D eigenvalue weighted by molar-refractivity contribution is 1.16. The van der Waals surface area contributed by atoms with Crippen LogP contribution in [0.25, 0.3) is 10.9 Å². The number of aromatic amines is 1. The number of aromatic nitrogens is 1. The number of anilines is 1. The highest BCUT2D eigenvalue weighted by molar-refractivity contribution is 6.35. The topological polar surface area (TPSA) is 27.8 Å². The Morgan fingerprint density at radius 3 is 2.79 bits per heavy atom. The molecule has 2 N–H and O–H groups in total. The average Bonchev–Trinajstić information content (AvgIpc) is 2.83. The fourth-order valence-electron chi connectivity index (χ4n) is 2.10. The Kier molecular flexibility index (Phi) is 3.36. The maximum atomic E-state index is 6.13. The third kappa shape index (κ3) is 2.55. The standard InChI is InChI=1S/C15H12Cl2N2/c16-11-5-6-13(17)15(7-11)19-9-10-8-18-14-4-2-1-3-12(10)14/h1-8,18-19H,9H2. The van der Waals surface area contributed by atoms with Crippen molar-refractivity contribution in [1.82, 2.24) is 4.98 Å². The van der Waals surface area contributed by atoms with Crippen LogP contribution < -0.4 is 5.32 Å². The minimum absolute atomic E-state index is 0.671. The van der Waals surface area contributed by atoms with Gasteiger partial charge in [-0.3, -0.25) is 0 Å². The molecule has 3 aromatic rings. The van der Waals surface area contributed by atoms with Gasteiger partial charge in [0.1, 0.15) is 0 Å². The van der Waals surface area contributed by atoms with Crippen LogP contribution in [0, 0.1) is 0 Å². The molecule has 0 aliphatic carbocycles. The summed E-state index contributed by atoms with van der Waals surface area (Å²) in [4.78, 5) is 3.25. The van der Waals surface area contributed by atoms with E-state index in [1.807, 2.05) is 24.4 Å². The second-order valence-corrected chi connectivity index (χ2v) is 5.18. The van der Waals surface area contributed by atoms with Gasteiger partial charge in [-0.15, -0.1) is 0 Å². The molecule has 0 aliphatic heterocycles. The number of rotatable bonds is 3. The second kappa shape index (κ2) is 5.16. The normalized spacial score (nSPS) is 10.8. The molecule has 0 fully saturated rings. The molecule has 0 amide bonds. The zero-order valence-electron chi connectivity index (χ0n) is 10.1. The highest BCUT2D eigenvalue weighted by atomic mass is 35.5. The molecule has 19 heavy (non-hydrogen) atoms. The van der Waals surface area contributed by atoms with Crippen LogP contribution in [0.15, 0.2) is 48.7 Å². The summed E-state index contributed by atoms with van der Waals surface area (Å²) >= 11 is 12.1. The number of nitrogens with one attached hydrogen (secondary N) is 2. The van der Waals surface area contributed by atoms with Crippen molar-refractivity contribution in [2.24, 2.45) is 0 Å². The van der Waals surface area contributed by atoms with E-state index in [0.717, 1.165) is 11.2 Å². The lowest BCUT2D eigenvalue weighted by Gasteiger charge is -2.08. The Hall–Kier alpha value is -1.64. The number of halogens is 2. The van der Waals surface area contributed by atoms with E-state index in [0.29, 0.717) is 16.6 Å². The summed E-state index contributed by atoms with van der Waals surface area (Å²) in [6.45, 7) is 0.698. The summed E-state index contributed by atoms with van der Waals surface area (Å²) in [7, 11) is 0. The van der Waals surface area contributed by atoms with Gasteiger partial charge in [0.2, 0.25) is 0 Å². The molecule has 1 aromatic heterocycles. The second-order valence-electron chi connectivity index (χ2n) is 4.34. The molecule has 2 nitrogen and oxygen atoms in total. The first-order valence-electron chi connectivity index (χ1n) is 5.98. The van der Waals surface area contributed by atoms with E-state index < -0.39 is 0 Å². The predicted octanol–water partition coefficient (Wildman–Crippen LogP) is 5.09. The number of benzene rings is 2. The summed E-state index contributed by atoms with van der Waals surface area (Å²) in [5.74, 6) is 0. The third-order valence-corrected chi connectivity index (χ3v) is 3.64. The molecule has 0 spiro atoms. The number of hydrogen-bond donors (Lipinski definition) is 2. The molecule has 0 aliphatic rings. The Labute approximate surface area is 121 Å². The van der Waals surface area contributed by atoms with Gasteiger partial charge in [0.15, 0.2) is 0 Å². The highest BCUT2D eigenvalue weighted by Gasteiger charge is 2.04. The van der Waals surface area contributed by atoms with Crippen molar-refractivity contribution in [3.63, 3.8) is 0 Å². The Morgan fingerprint density at radius 2 is 1.89 bits per heavy atom. The van der Waals surface area contributed by atoms with E-state index in [1.54, 1.807) is 12.1 Å². The molecule has 0 saturated heterocycles. The van der Waals surface area contributed by atoms with Crippen molar-refractivity contribution in [3.8, 4) is 0 Å².